The van der Waals surface area contributed by atoms with Crippen LogP contribution in [0.15, 0.2) is 30.6 Å². The van der Waals surface area contributed by atoms with E-state index in [0.717, 1.165) is 49.0 Å². The topological polar surface area (TPSA) is 38.0 Å². The summed E-state index contributed by atoms with van der Waals surface area (Å²) in [6, 6.07) is 2.01. The van der Waals surface area contributed by atoms with E-state index >= 15 is 0 Å². The van der Waals surface area contributed by atoms with E-state index in [-0.39, 0.29) is 0 Å². The normalized spacial score (nSPS) is 47.8. The number of fused-ring (bicyclic) bond motifs is 5. The molecule has 8 atom stereocenters. The van der Waals surface area contributed by atoms with Gasteiger partial charge in [-0.1, -0.05) is 19.1 Å². The molecular formula is C25H38N2O. The van der Waals surface area contributed by atoms with Crippen molar-refractivity contribution >= 4 is 0 Å². The van der Waals surface area contributed by atoms with E-state index in [0.29, 0.717) is 11.3 Å². The minimum atomic E-state index is -0.403. The number of aromatic nitrogens is 2. The first-order valence-electron chi connectivity index (χ1n) is 11.7. The lowest BCUT2D eigenvalue weighted by Crippen LogP contribution is -2.50. The fourth-order valence-electron chi connectivity index (χ4n) is 8.46. The monoisotopic (exact) mass is 382 g/mol. The van der Waals surface area contributed by atoms with Crippen LogP contribution >= 0.6 is 0 Å². The van der Waals surface area contributed by atoms with E-state index in [2.05, 4.69) is 31.7 Å². The highest BCUT2D eigenvalue weighted by Gasteiger charge is 2.57. The first-order chi connectivity index (χ1) is 13.4. The van der Waals surface area contributed by atoms with Gasteiger partial charge in [0.05, 0.1) is 12.1 Å². The van der Waals surface area contributed by atoms with Crippen LogP contribution in [-0.4, -0.2) is 20.5 Å². The molecule has 0 unspecified atom stereocenters. The SMILES string of the molecule is C=C(Cn1cccn1)[C@H]1CC[C@H]2[C@@H]3CC[C@H]4C[C@](C)(O)CC[C@@H]4[C@H]3CC[C@]12C. The number of rotatable bonds is 3. The molecule has 0 spiro atoms. The fourth-order valence-corrected chi connectivity index (χ4v) is 8.46. The third-order valence-corrected chi connectivity index (χ3v) is 9.65. The first-order valence-corrected chi connectivity index (χ1v) is 11.7. The molecule has 1 heterocycles. The van der Waals surface area contributed by atoms with Crippen molar-refractivity contribution in [1.82, 2.24) is 9.78 Å². The summed E-state index contributed by atoms with van der Waals surface area (Å²) < 4.78 is 2.05. The van der Waals surface area contributed by atoms with E-state index in [4.69, 9.17) is 0 Å². The molecule has 3 heteroatoms. The summed E-state index contributed by atoms with van der Waals surface area (Å²) in [6.45, 7) is 10.1. The molecule has 4 aliphatic carbocycles. The molecule has 3 nitrogen and oxygen atoms in total. The summed E-state index contributed by atoms with van der Waals surface area (Å²) in [5, 5.41) is 15.0. The molecule has 4 aliphatic rings. The van der Waals surface area contributed by atoms with Gasteiger partial charge in [0.15, 0.2) is 0 Å². The highest BCUT2D eigenvalue weighted by molar-refractivity contribution is 5.15. The minimum Gasteiger partial charge on any atom is -0.390 e. The molecule has 0 saturated heterocycles. The van der Waals surface area contributed by atoms with Crippen molar-refractivity contribution in [2.75, 3.05) is 0 Å². The second kappa shape index (κ2) is 6.72. The molecular weight excluding hydrogens is 344 g/mol. The van der Waals surface area contributed by atoms with E-state index in [1.165, 1.54) is 50.5 Å². The van der Waals surface area contributed by atoms with Crippen LogP contribution in [-0.2, 0) is 6.54 Å². The Morgan fingerprint density at radius 2 is 1.89 bits per heavy atom. The van der Waals surface area contributed by atoms with Crippen molar-refractivity contribution in [1.29, 1.82) is 0 Å². The van der Waals surface area contributed by atoms with Crippen LogP contribution in [0.1, 0.15) is 71.6 Å². The lowest BCUT2D eigenvalue weighted by atomic mass is 9.49. The molecule has 1 aromatic heterocycles. The van der Waals surface area contributed by atoms with Crippen molar-refractivity contribution in [3.05, 3.63) is 30.6 Å². The maximum Gasteiger partial charge on any atom is 0.0622 e. The van der Waals surface area contributed by atoms with Gasteiger partial charge in [-0.3, -0.25) is 4.68 Å². The van der Waals surface area contributed by atoms with Gasteiger partial charge in [-0.15, -0.1) is 0 Å². The predicted octanol–water partition coefficient (Wildman–Crippen LogP) is 5.46. The second-order valence-electron chi connectivity index (χ2n) is 11.2. The zero-order chi connectivity index (χ0) is 19.5. The average Bonchev–Trinajstić information content (AvgIpc) is 3.27. The number of hydrogen-bond donors (Lipinski definition) is 1. The Labute approximate surface area is 170 Å². The molecule has 28 heavy (non-hydrogen) atoms. The van der Waals surface area contributed by atoms with Gasteiger partial charge in [-0.05, 0) is 112 Å². The van der Waals surface area contributed by atoms with Crippen LogP contribution in [0.5, 0.6) is 0 Å². The van der Waals surface area contributed by atoms with E-state index in [9.17, 15) is 5.11 Å². The van der Waals surface area contributed by atoms with Gasteiger partial charge in [0, 0.05) is 12.4 Å². The standard InChI is InChI=1S/C25H38N2O/c1-17(16-27-14-4-13-26-27)22-7-8-23-21-6-5-18-15-24(2,28)11-9-19(18)20(21)10-12-25(22,23)3/h4,13-14,18-23,28H,1,5-12,15-16H2,2-3H3/t18-,19-,20+,21+,22+,23-,24+,25+/m0/s1. The Hall–Kier alpha value is -1.09. The van der Waals surface area contributed by atoms with Crippen molar-refractivity contribution in [2.45, 2.75) is 83.8 Å². The Kier molecular flexibility index (Phi) is 4.54. The van der Waals surface area contributed by atoms with Gasteiger partial charge >= 0.3 is 0 Å². The van der Waals surface area contributed by atoms with Gasteiger partial charge in [0.2, 0.25) is 0 Å². The maximum absolute atomic E-state index is 10.6. The van der Waals surface area contributed by atoms with Crippen LogP contribution in [0.25, 0.3) is 0 Å². The molecule has 154 valence electrons. The largest absolute Gasteiger partial charge is 0.390 e. The van der Waals surface area contributed by atoms with Crippen molar-refractivity contribution in [3.63, 3.8) is 0 Å². The van der Waals surface area contributed by atoms with E-state index in [1.54, 1.807) is 0 Å². The summed E-state index contributed by atoms with van der Waals surface area (Å²) in [5.74, 6) is 5.05. The number of hydrogen-bond acceptors (Lipinski definition) is 2. The van der Waals surface area contributed by atoms with Crippen LogP contribution in [0, 0.1) is 40.9 Å². The molecule has 4 saturated carbocycles. The van der Waals surface area contributed by atoms with Crippen LogP contribution in [0.4, 0.5) is 0 Å². The average molecular weight is 383 g/mol. The summed E-state index contributed by atoms with van der Waals surface area (Å²) >= 11 is 0. The molecule has 5 rings (SSSR count). The van der Waals surface area contributed by atoms with E-state index in [1.807, 2.05) is 16.9 Å². The van der Waals surface area contributed by atoms with Crippen molar-refractivity contribution in [3.8, 4) is 0 Å². The number of nitrogens with zero attached hydrogens (tertiary/aromatic N) is 2. The highest BCUT2D eigenvalue weighted by atomic mass is 16.3. The fraction of sp³-hybridized carbons (Fsp3) is 0.800. The van der Waals surface area contributed by atoms with Crippen LogP contribution in [0.3, 0.4) is 0 Å². The van der Waals surface area contributed by atoms with Gasteiger partial charge < -0.3 is 5.11 Å². The molecule has 1 N–H and O–H groups in total. The highest BCUT2D eigenvalue weighted by Crippen LogP contribution is 2.65. The third-order valence-electron chi connectivity index (χ3n) is 9.65. The third kappa shape index (κ3) is 3.00. The van der Waals surface area contributed by atoms with Gasteiger partial charge in [-0.25, -0.2) is 0 Å². The zero-order valence-electron chi connectivity index (χ0n) is 17.8. The molecule has 0 radical (unpaired) electrons. The molecule has 0 aromatic carbocycles. The van der Waals surface area contributed by atoms with Crippen LogP contribution in [0.2, 0.25) is 0 Å². The zero-order valence-corrected chi connectivity index (χ0v) is 17.8. The lowest BCUT2D eigenvalue weighted by molar-refractivity contribution is -0.0979. The summed E-state index contributed by atoms with van der Waals surface area (Å²) in [5.41, 5.74) is 1.44. The molecule has 0 amide bonds. The van der Waals surface area contributed by atoms with Gasteiger partial charge in [0.25, 0.3) is 0 Å². The number of aliphatic hydroxyl groups is 1. The van der Waals surface area contributed by atoms with Gasteiger partial charge in [0.1, 0.15) is 0 Å². The maximum atomic E-state index is 10.6. The number of allylic oxidation sites excluding steroid dienone is 1. The Morgan fingerprint density at radius 1 is 1.07 bits per heavy atom. The van der Waals surface area contributed by atoms with Crippen molar-refractivity contribution < 1.29 is 5.11 Å². The summed E-state index contributed by atoms with van der Waals surface area (Å²) in [4.78, 5) is 0. The molecule has 0 aliphatic heterocycles. The van der Waals surface area contributed by atoms with Gasteiger partial charge in [-0.2, -0.15) is 5.10 Å². The predicted molar refractivity (Wildman–Crippen MR) is 113 cm³/mol. The lowest BCUT2D eigenvalue weighted by Gasteiger charge is -2.57. The Balaban J connectivity index is 1.32. The second-order valence-corrected chi connectivity index (χ2v) is 11.2. The Bertz CT molecular complexity index is 723. The smallest absolute Gasteiger partial charge is 0.0622 e. The van der Waals surface area contributed by atoms with Crippen molar-refractivity contribution in [2.24, 2.45) is 40.9 Å². The molecule has 1 aromatic rings. The molecule has 4 fully saturated rings. The molecule has 0 bridgehead atoms. The first kappa shape index (κ1) is 18.9. The minimum absolute atomic E-state index is 0.403. The van der Waals surface area contributed by atoms with Crippen LogP contribution < -0.4 is 0 Å². The summed E-state index contributed by atoms with van der Waals surface area (Å²) in [6.07, 6.45) is 15.5. The Morgan fingerprint density at radius 3 is 2.68 bits per heavy atom. The quantitative estimate of drug-likeness (QED) is 0.705. The summed E-state index contributed by atoms with van der Waals surface area (Å²) in [7, 11) is 0. The van der Waals surface area contributed by atoms with E-state index < -0.39 is 5.60 Å².